The van der Waals surface area contributed by atoms with E-state index in [2.05, 4.69) is 5.32 Å². The van der Waals surface area contributed by atoms with Crippen molar-refractivity contribution in [1.82, 2.24) is 0 Å². The number of nitrogens with zero attached hydrogens (tertiary/aromatic N) is 1. The van der Waals surface area contributed by atoms with Crippen LogP contribution in [0, 0.1) is 10.1 Å². The van der Waals surface area contributed by atoms with Crippen LogP contribution in [-0.4, -0.2) is 16.8 Å². The summed E-state index contributed by atoms with van der Waals surface area (Å²) in [6.07, 6.45) is -5.06. The van der Waals surface area contributed by atoms with Gasteiger partial charge in [0, 0.05) is 24.2 Å². The van der Waals surface area contributed by atoms with Crippen LogP contribution in [0.5, 0.6) is 0 Å². The third-order valence-electron chi connectivity index (χ3n) is 3.58. The molecular weight excluding hydrogens is 381 g/mol. The SMILES string of the molecule is O=C(CCC(=O)OCc1ccc([N+](=O)[O-])cc1)Nc1cccc(C(F)(F)F)c1. The Morgan fingerprint density at radius 1 is 1.07 bits per heavy atom. The van der Waals surface area contributed by atoms with Crippen LogP contribution in [0.4, 0.5) is 24.5 Å². The number of halogens is 3. The lowest BCUT2D eigenvalue weighted by molar-refractivity contribution is -0.384. The fourth-order valence-corrected chi connectivity index (χ4v) is 2.16. The normalized spacial score (nSPS) is 11.0. The summed E-state index contributed by atoms with van der Waals surface area (Å²) in [5, 5.41) is 12.8. The first-order valence-corrected chi connectivity index (χ1v) is 8.01. The van der Waals surface area contributed by atoms with E-state index in [1.54, 1.807) is 0 Å². The molecule has 0 radical (unpaired) electrons. The lowest BCUT2D eigenvalue weighted by Crippen LogP contribution is -2.15. The van der Waals surface area contributed by atoms with Crippen molar-refractivity contribution in [3.63, 3.8) is 0 Å². The summed E-state index contributed by atoms with van der Waals surface area (Å²) in [7, 11) is 0. The maximum absolute atomic E-state index is 12.6. The van der Waals surface area contributed by atoms with Crippen molar-refractivity contribution in [3.8, 4) is 0 Å². The number of benzene rings is 2. The number of hydrogen-bond donors (Lipinski definition) is 1. The molecule has 7 nitrogen and oxygen atoms in total. The largest absolute Gasteiger partial charge is 0.461 e. The molecule has 0 aliphatic carbocycles. The number of alkyl halides is 3. The van der Waals surface area contributed by atoms with Gasteiger partial charge in [-0.2, -0.15) is 13.2 Å². The number of amides is 1. The highest BCUT2D eigenvalue weighted by molar-refractivity contribution is 5.92. The first kappa shape index (κ1) is 20.9. The van der Waals surface area contributed by atoms with Gasteiger partial charge in [-0.25, -0.2) is 0 Å². The van der Waals surface area contributed by atoms with Gasteiger partial charge in [-0.15, -0.1) is 0 Å². The van der Waals surface area contributed by atoms with Crippen LogP contribution in [0.3, 0.4) is 0 Å². The van der Waals surface area contributed by atoms with E-state index < -0.39 is 28.5 Å². The van der Waals surface area contributed by atoms with Crippen LogP contribution in [0.1, 0.15) is 24.0 Å². The van der Waals surface area contributed by atoms with Crippen molar-refractivity contribution in [2.45, 2.75) is 25.6 Å². The van der Waals surface area contributed by atoms with Gasteiger partial charge < -0.3 is 10.1 Å². The van der Waals surface area contributed by atoms with E-state index in [0.29, 0.717) is 5.56 Å². The third-order valence-corrected chi connectivity index (χ3v) is 3.58. The van der Waals surface area contributed by atoms with E-state index in [0.717, 1.165) is 18.2 Å². The number of nitro benzene ring substituents is 1. The second kappa shape index (κ2) is 8.98. The molecule has 0 aromatic heterocycles. The molecule has 0 saturated heterocycles. The van der Waals surface area contributed by atoms with Gasteiger partial charge in [-0.05, 0) is 35.9 Å². The second-order valence-electron chi connectivity index (χ2n) is 5.71. The molecular formula is C18H15F3N2O5. The Morgan fingerprint density at radius 3 is 2.36 bits per heavy atom. The van der Waals surface area contributed by atoms with Gasteiger partial charge in [-0.3, -0.25) is 19.7 Å². The molecule has 148 valence electrons. The van der Waals surface area contributed by atoms with Crippen molar-refractivity contribution < 1.29 is 32.4 Å². The predicted molar refractivity (Wildman–Crippen MR) is 92.2 cm³/mol. The standard InChI is InChI=1S/C18H15F3N2O5/c19-18(20,21)13-2-1-3-14(10-13)22-16(24)8-9-17(25)28-11-12-4-6-15(7-5-12)23(26)27/h1-7,10H,8-9,11H2,(H,22,24). The quantitative estimate of drug-likeness (QED) is 0.432. The fraction of sp³-hybridized carbons (Fsp3) is 0.222. The number of nitro groups is 1. The Kier molecular flexibility index (Phi) is 6.69. The molecule has 2 aromatic rings. The smallest absolute Gasteiger partial charge is 0.416 e. The summed E-state index contributed by atoms with van der Waals surface area (Å²) >= 11 is 0. The van der Waals surface area contributed by atoms with Crippen LogP contribution in [0.2, 0.25) is 0 Å². The number of nitrogens with one attached hydrogen (secondary N) is 1. The van der Waals surface area contributed by atoms with E-state index >= 15 is 0 Å². The highest BCUT2D eigenvalue weighted by Crippen LogP contribution is 2.30. The number of non-ortho nitro benzene ring substituents is 1. The number of ether oxygens (including phenoxy) is 1. The number of hydrogen-bond acceptors (Lipinski definition) is 5. The second-order valence-corrected chi connectivity index (χ2v) is 5.71. The molecule has 28 heavy (non-hydrogen) atoms. The monoisotopic (exact) mass is 396 g/mol. The van der Waals surface area contributed by atoms with Crippen molar-refractivity contribution in [2.24, 2.45) is 0 Å². The molecule has 2 aromatic carbocycles. The summed E-state index contributed by atoms with van der Waals surface area (Å²) in [5.74, 6) is -1.32. The lowest BCUT2D eigenvalue weighted by atomic mass is 10.2. The molecule has 0 heterocycles. The molecule has 0 aliphatic rings. The van der Waals surface area contributed by atoms with Gasteiger partial charge in [0.25, 0.3) is 5.69 Å². The van der Waals surface area contributed by atoms with Crippen LogP contribution in [0.15, 0.2) is 48.5 Å². The summed E-state index contributed by atoms with van der Waals surface area (Å²) in [5.41, 5.74) is -0.486. The number of esters is 1. The first-order valence-electron chi connectivity index (χ1n) is 8.01. The Morgan fingerprint density at radius 2 is 1.75 bits per heavy atom. The van der Waals surface area contributed by atoms with Gasteiger partial charge in [0.1, 0.15) is 6.61 Å². The number of carbonyl (C=O) groups excluding carboxylic acids is 2. The van der Waals surface area contributed by atoms with Crippen molar-refractivity contribution in [1.29, 1.82) is 0 Å². The van der Waals surface area contributed by atoms with Crippen molar-refractivity contribution in [2.75, 3.05) is 5.32 Å². The summed E-state index contributed by atoms with van der Waals surface area (Å²) in [6, 6.07) is 9.56. The van der Waals surface area contributed by atoms with Gasteiger partial charge in [-0.1, -0.05) is 6.07 Å². The number of anilines is 1. The molecule has 0 atom stereocenters. The molecule has 0 unspecified atom stereocenters. The van der Waals surface area contributed by atoms with Crippen LogP contribution in [-0.2, 0) is 27.1 Å². The minimum Gasteiger partial charge on any atom is -0.461 e. The number of carbonyl (C=O) groups is 2. The van der Waals surface area contributed by atoms with E-state index in [4.69, 9.17) is 4.74 Å². The molecule has 0 spiro atoms. The van der Waals surface area contributed by atoms with Gasteiger partial charge in [0.15, 0.2) is 0 Å². The Bertz CT molecular complexity index is 866. The van der Waals surface area contributed by atoms with Crippen molar-refractivity contribution in [3.05, 3.63) is 69.8 Å². The molecule has 2 rings (SSSR count). The zero-order chi connectivity index (χ0) is 20.7. The van der Waals surface area contributed by atoms with Gasteiger partial charge >= 0.3 is 12.1 Å². The molecule has 0 saturated carbocycles. The van der Waals surface area contributed by atoms with E-state index in [-0.39, 0.29) is 30.8 Å². The summed E-state index contributed by atoms with van der Waals surface area (Å²) in [6.45, 7) is -0.119. The first-order chi connectivity index (χ1) is 13.1. The predicted octanol–water partition coefficient (Wildman–Crippen LogP) is 4.08. The number of rotatable bonds is 7. The summed E-state index contributed by atoms with van der Waals surface area (Å²) < 4.78 is 42.9. The molecule has 1 amide bonds. The summed E-state index contributed by atoms with van der Waals surface area (Å²) in [4.78, 5) is 33.5. The molecule has 1 N–H and O–H groups in total. The van der Waals surface area contributed by atoms with Crippen LogP contribution in [0.25, 0.3) is 0 Å². The molecule has 0 bridgehead atoms. The zero-order valence-corrected chi connectivity index (χ0v) is 14.4. The van der Waals surface area contributed by atoms with E-state index in [1.807, 2.05) is 0 Å². The van der Waals surface area contributed by atoms with Crippen LogP contribution >= 0.6 is 0 Å². The molecule has 0 fully saturated rings. The maximum Gasteiger partial charge on any atom is 0.416 e. The lowest BCUT2D eigenvalue weighted by Gasteiger charge is -2.10. The highest BCUT2D eigenvalue weighted by atomic mass is 19.4. The zero-order valence-electron chi connectivity index (χ0n) is 14.4. The fourth-order valence-electron chi connectivity index (χ4n) is 2.16. The Hall–Kier alpha value is -3.43. The average molecular weight is 396 g/mol. The van der Waals surface area contributed by atoms with Gasteiger partial charge in [0.05, 0.1) is 16.9 Å². The van der Waals surface area contributed by atoms with Gasteiger partial charge in [0.2, 0.25) is 5.91 Å². The van der Waals surface area contributed by atoms with Crippen molar-refractivity contribution >= 4 is 23.3 Å². The minimum atomic E-state index is -4.53. The topological polar surface area (TPSA) is 98.5 Å². The maximum atomic E-state index is 12.6. The average Bonchev–Trinajstić information content (AvgIpc) is 2.64. The Labute approximate surface area is 157 Å². The van der Waals surface area contributed by atoms with Crippen LogP contribution < -0.4 is 5.32 Å². The Balaban J connectivity index is 1.78. The van der Waals surface area contributed by atoms with E-state index in [9.17, 15) is 32.9 Å². The molecule has 0 aliphatic heterocycles. The minimum absolute atomic E-state index is 0.0286. The highest BCUT2D eigenvalue weighted by Gasteiger charge is 2.30. The van der Waals surface area contributed by atoms with E-state index in [1.165, 1.54) is 30.3 Å². The molecule has 10 heteroatoms. The third kappa shape index (κ3) is 6.38.